The van der Waals surface area contributed by atoms with E-state index in [4.69, 9.17) is 10.5 Å². The molecular formula is C15H15IN2O2. The topological polar surface area (TPSA) is 64.3 Å². The van der Waals surface area contributed by atoms with Crippen molar-refractivity contribution in [2.45, 2.75) is 0 Å². The first-order valence-electron chi connectivity index (χ1n) is 6.17. The minimum absolute atomic E-state index is 0.0995. The largest absolute Gasteiger partial charge is 0.492 e. The number of hydrogen-bond acceptors (Lipinski definition) is 3. The maximum atomic E-state index is 11.8. The van der Waals surface area contributed by atoms with Crippen molar-refractivity contribution < 1.29 is 9.53 Å². The predicted molar refractivity (Wildman–Crippen MR) is 87.8 cm³/mol. The Labute approximate surface area is 131 Å². The molecule has 0 spiro atoms. The molecule has 0 unspecified atom stereocenters. The van der Waals surface area contributed by atoms with Crippen molar-refractivity contribution in [2.75, 3.05) is 18.9 Å². The molecule has 2 aromatic carbocycles. The van der Waals surface area contributed by atoms with Crippen molar-refractivity contribution in [1.29, 1.82) is 0 Å². The summed E-state index contributed by atoms with van der Waals surface area (Å²) >= 11 is 2.20. The first-order valence-corrected chi connectivity index (χ1v) is 7.25. The number of rotatable bonds is 5. The summed E-state index contributed by atoms with van der Waals surface area (Å²) in [6.07, 6.45) is 0. The first-order chi connectivity index (χ1) is 9.65. The van der Waals surface area contributed by atoms with Gasteiger partial charge in [0.15, 0.2) is 0 Å². The van der Waals surface area contributed by atoms with Crippen molar-refractivity contribution in [3.8, 4) is 5.75 Å². The Morgan fingerprint density at radius 2 is 1.95 bits per heavy atom. The van der Waals surface area contributed by atoms with Gasteiger partial charge in [0.1, 0.15) is 12.4 Å². The first kappa shape index (κ1) is 14.6. The molecule has 0 fully saturated rings. The summed E-state index contributed by atoms with van der Waals surface area (Å²) in [6, 6.07) is 14.6. The molecule has 0 atom stereocenters. The number of nitrogens with two attached hydrogens (primary N) is 1. The average Bonchev–Trinajstić information content (AvgIpc) is 2.44. The molecule has 0 radical (unpaired) electrons. The van der Waals surface area contributed by atoms with Gasteiger partial charge in [0.05, 0.1) is 6.54 Å². The van der Waals surface area contributed by atoms with Gasteiger partial charge in [-0.05, 0) is 59.0 Å². The van der Waals surface area contributed by atoms with Crippen molar-refractivity contribution in [2.24, 2.45) is 0 Å². The average molecular weight is 382 g/mol. The van der Waals surface area contributed by atoms with Gasteiger partial charge in [0, 0.05) is 20.9 Å². The summed E-state index contributed by atoms with van der Waals surface area (Å²) in [5.41, 5.74) is 6.95. The lowest BCUT2D eigenvalue weighted by atomic mass is 10.2. The number of ether oxygens (including phenoxy) is 1. The molecule has 0 aliphatic rings. The van der Waals surface area contributed by atoms with Gasteiger partial charge in [-0.15, -0.1) is 0 Å². The van der Waals surface area contributed by atoms with Crippen molar-refractivity contribution in [1.82, 2.24) is 5.32 Å². The molecule has 104 valence electrons. The van der Waals surface area contributed by atoms with Crippen LogP contribution >= 0.6 is 22.6 Å². The molecular weight excluding hydrogens is 367 g/mol. The van der Waals surface area contributed by atoms with Gasteiger partial charge >= 0.3 is 0 Å². The lowest BCUT2D eigenvalue weighted by Crippen LogP contribution is -2.28. The number of amides is 1. The van der Waals surface area contributed by atoms with E-state index in [-0.39, 0.29) is 5.91 Å². The molecule has 0 saturated heterocycles. The maximum absolute atomic E-state index is 11.8. The molecule has 20 heavy (non-hydrogen) atoms. The fourth-order valence-electron chi connectivity index (χ4n) is 1.64. The number of carbonyl (C=O) groups excluding carboxylic acids is 1. The highest BCUT2D eigenvalue weighted by atomic mass is 127. The minimum atomic E-state index is -0.0995. The summed E-state index contributed by atoms with van der Waals surface area (Å²) in [4.78, 5) is 11.8. The number of nitrogen functional groups attached to an aromatic ring is 1. The molecule has 2 rings (SSSR count). The smallest absolute Gasteiger partial charge is 0.251 e. The molecule has 0 bridgehead atoms. The minimum Gasteiger partial charge on any atom is -0.492 e. The third kappa shape index (κ3) is 4.41. The number of halogens is 1. The van der Waals surface area contributed by atoms with Gasteiger partial charge in [0.2, 0.25) is 0 Å². The van der Waals surface area contributed by atoms with Crippen LogP contribution in [0.4, 0.5) is 5.69 Å². The van der Waals surface area contributed by atoms with Gasteiger partial charge in [-0.25, -0.2) is 0 Å². The van der Waals surface area contributed by atoms with Crippen LogP contribution < -0.4 is 15.8 Å². The van der Waals surface area contributed by atoms with Crippen molar-refractivity contribution in [3.63, 3.8) is 0 Å². The summed E-state index contributed by atoms with van der Waals surface area (Å²) in [5.74, 6) is 0.603. The number of anilines is 1. The summed E-state index contributed by atoms with van der Waals surface area (Å²) in [5, 5.41) is 2.81. The second-order valence-corrected chi connectivity index (χ2v) is 5.43. The van der Waals surface area contributed by atoms with Crippen LogP contribution in [0.5, 0.6) is 5.75 Å². The zero-order valence-electron chi connectivity index (χ0n) is 10.8. The zero-order valence-corrected chi connectivity index (χ0v) is 13.0. The Morgan fingerprint density at radius 1 is 1.20 bits per heavy atom. The molecule has 0 heterocycles. The number of benzene rings is 2. The number of nitrogens with one attached hydrogen (secondary N) is 1. The molecule has 0 aliphatic carbocycles. The van der Waals surface area contributed by atoms with E-state index in [0.717, 1.165) is 3.57 Å². The summed E-state index contributed by atoms with van der Waals surface area (Å²) in [6.45, 7) is 0.846. The van der Waals surface area contributed by atoms with E-state index in [1.807, 2.05) is 24.3 Å². The van der Waals surface area contributed by atoms with E-state index < -0.39 is 0 Å². The van der Waals surface area contributed by atoms with E-state index in [0.29, 0.717) is 30.2 Å². The standard InChI is InChI=1S/C15H15IN2O2/c16-12-6-4-11(5-7-12)15(19)18-8-9-20-14-3-1-2-13(17)10-14/h1-7,10H,8-9,17H2,(H,18,19). The van der Waals surface area contributed by atoms with Crippen LogP contribution in [0.25, 0.3) is 0 Å². The molecule has 4 nitrogen and oxygen atoms in total. The van der Waals surface area contributed by atoms with Crippen LogP contribution in [0.1, 0.15) is 10.4 Å². The predicted octanol–water partition coefficient (Wildman–Crippen LogP) is 2.68. The summed E-state index contributed by atoms with van der Waals surface area (Å²) < 4.78 is 6.60. The molecule has 3 N–H and O–H groups in total. The Morgan fingerprint density at radius 3 is 2.65 bits per heavy atom. The number of hydrogen-bond donors (Lipinski definition) is 2. The highest BCUT2D eigenvalue weighted by molar-refractivity contribution is 14.1. The van der Waals surface area contributed by atoms with Crippen LogP contribution in [0.15, 0.2) is 48.5 Å². The van der Waals surface area contributed by atoms with Crippen LogP contribution in [-0.4, -0.2) is 19.1 Å². The van der Waals surface area contributed by atoms with E-state index in [1.54, 1.807) is 24.3 Å². The lowest BCUT2D eigenvalue weighted by Gasteiger charge is -2.08. The third-order valence-electron chi connectivity index (χ3n) is 2.62. The number of carbonyl (C=O) groups is 1. The second-order valence-electron chi connectivity index (χ2n) is 4.18. The monoisotopic (exact) mass is 382 g/mol. The van der Waals surface area contributed by atoms with Crippen LogP contribution in [0.3, 0.4) is 0 Å². The van der Waals surface area contributed by atoms with Crippen molar-refractivity contribution >= 4 is 34.2 Å². The van der Waals surface area contributed by atoms with E-state index >= 15 is 0 Å². The third-order valence-corrected chi connectivity index (χ3v) is 3.34. The Hall–Kier alpha value is -1.76. The van der Waals surface area contributed by atoms with Gasteiger partial charge in [-0.2, -0.15) is 0 Å². The van der Waals surface area contributed by atoms with Gasteiger partial charge in [0.25, 0.3) is 5.91 Å². The van der Waals surface area contributed by atoms with Gasteiger partial charge in [-0.3, -0.25) is 4.79 Å². The molecule has 1 amide bonds. The van der Waals surface area contributed by atoms with E-state index in [9.17, 15) is 4.79 Å². The van der Waals surface area contributed by atoms with Gasteiger partial charge in [-0.1, -0.05) is 6.07 Å². The van der Waals surface area contributed by atoms with Crippen LogP contribution in [0, 0.1) is 3.57 Å². The highest BCUT2D eigenvalue weighted by Crippen LogP contribution is 2.13. The fourth-order valence-corrected chi connectivity index (χ4v) is 2.00. The normalized spacial score (nSPS) is 10.1. The second kappa shape index (κ2) is 7.14. The fraction of sp³-hybridized carbons (Fsp3) is 0.133. The molecule has 0 aromatic heterocycles. The lowest BCUT2D eigenvalue weighted by molar-refractivity contribution is 0.0947. The Bertz CT molecular complexity index is 585. The molecule has 5 heteroatoms. The quantitative estimate of drug-likeness (QED) is 0.475. The molecule has 0 aliphatic heterocycles. The molecule has 0 saturated carbocycles. The highest BCUT2D eigenvalue weighted by Gasteiger charge is 2.04. The van der Waals surface area contributed by atoms with E-state index in [2.05, 4.69) is 27.9 Å². The Kier molecular flexibility index (Phi) is 5.23. The van der Waals surface area contributed by atoms with Crippen LogP contribution in [-0.2, 0) is 0 Å². The molecule has 2 aromatic rings. The zero-order chi connectivity index (χ0) is 14.4. The van der Waals surface area contributed by atoms with E-state index in [1.165, 1.54) is 0 Å². The van der Waals surface area contributed by atoms with Crippen LogP contribution in [0.2, 0.25) is 0 Å². The Balaban J connectivity index is 1.76. The van der Waals surface area contributed by atoms with Gasteiger partial charge < -0.3 is 15.8 Å². The van der Waals surface area contributed by atoms with Crippen molar-refractivity contribution in [3.05, 3.63) is 57.7 Å². The SMILES string of the molecule is Nc1cccc(OCCNC(=O)c2ccc(I)cc2)c1. The summed E-state index contributed by atoms with van der Waals surface area (Å²) in [7, 11) is 0. The maximum Gasteiger partial charge on any atom is 0.251 e.